The summed E-state index contributed by atoms with van der Waals surface area (Å²) in [6.07, 6.45) is 4.13. The smallest absolute Gasteiger partial charge is 0.242 e. The fraction of sp³-hybridized carbons (Fsp3) is 0.562. The van der Waals surface area contributed by atoms with E-state index in [2.05, 4.69) is 0 Å². The van der Waals surface area contributed by atoms with Crippen molar-refractivity contribution >= 4 is 5.91 Å². The third kappa shape index (κ3) is 2.34. The van der Waals surface area contributed by atoms with Gasteiger partial charge in [-0.1, -0.05) is 43.2 Å². The molecule has 0 aromatic heterocycles. The summed E-state index contributed by atoms with van der Waals surface area (Å²) in [6.45, 7) is 0. The Hall–Kier alpha value is -1.39. The van der Waals surface area contributed by atoms with Crippen molar-refractivity contribution < 1.29 is 9.53 Å². The third-order valence-electron chi connectivity index (χ3n) is 4.57. The lowest BCUT2D eigenvalue weighted by Crippen LogP contribution is -2.48. The van der Waals surface area contributed by atoms with Crippen LogP contribution in [0.1, 0.15) is 37.4 Å². The molecule has 0 unspecified atom stereocenters. The lowest BCUT2D eigenvalue weighted by molar-refractivity contribution is -0.133. The molecule has 108 valence electrons. The Morgan fingerprint density at radius 1 is 1.20 bits per heavy atom. The van der Waals surface area contributed by atoms with Crippen LogP contribution in [0.4, 0.5) is 0 Å². The maximum atomic E-state index is 12.5. The number of likely N-dealkylation sites (N-methyl/N-ethyl adjacent to an activating group) is 1. The van der Waals surface area contributed by atoms with E-state index in [0.29, 0.717) is 0 Å². The molecule has 3 rings (SSSR count). The minimum atomic E-state index is -0.618. The number of amides is 1. The van der Waals surface area contributed by atoms with E-state index in [1.165, 1.54) is 6.42 Å². The van der Waals surface area contributed by atoms with E-state index in [1.807, 2.05) is 42.3 Å². The summed E-state index contributed by atoms with van der Waals surface area (Å²) in [5.74, 6) is -0.00625. The minimum Gasteiger partial charge on any atom is -0.366 e. The summed E-state index contributed by atoms with van der Waals surface area (Å²) < 4.78 is 6.27. The molecule has 4 nitrogen and oxygen atoms in total. The monoisotopic (exact) mass is 274 g/mol. The molecule has 1 saturated carbocycles. The molecule has 0 bridgehead atoms. The second-order valence-corrected chi connectivity index (χ2v) is 5.83. The number of carbonyl (C=O) groups excluding carboxylic acids is 1. The van der Waals surface area contributed by atoms with Crippen molar-refractivity contribution in [3.63, 3.8) is 0 Å². The standard InChI is InChI=1S/C16H22N2O2/c1-18-12-9-5-6-10-13(12)20-15(14(17)16(18)19)11-7-3-2-4-8-11/h2-4,7-8,12-15H,5-6,9-10,17H2,1H3/t12-,13-,14-,15+/m0/s1. The highest BCUT2D eigenvalue weighted by Gasteiger charge is 2.42. The van der Waals surface area contributed by atoms with Crippen LogP contribution in [-0.2, 0) is 9.53 Å². The first-order chi connectivity index (χ1) is 9.68. The highest BCUT2D eigenvalue weighted by molar-refractivity contribution is 5.83. The van der Waals surface area contributed by atoms with Gasteiger partial charge in [0.1, 0.15) is 12.1 Å². The summed E-state index contributed by atoms with van der Waals surface area (Å²) in [7, 11) is 1.86. The number of rotatable bonds is 1. The second-order valence-electron chi connectivity index (χ2n) is 5.83. The summed E-state index contributed by atoms with van der Waals surface area (Å²) in [6, 6.07) is 9.42. The van der Waals surface area contributed by atoms with Crippen LogP contribution in [0.3, 0.4) is 0 Å². The molecule has 1 heterocycles. The molecule has 1 aromatic rings. The first-order valence-electron chi connectivity index (χ1n) is 7.41. The zero-order valence-electron chi connectivity index (χ0n) is 11.9. The predicted octanol–water partition coefficient (Wildman–Crippen LogP) is 1.85. The summed E-state index contributed by atoms with van der Waals surface area (Å²) in [5, 5.41) is 0. The number of fused-ring (bicyclic) bond motifs is 1. The molecule has 1 saturated heterocycles. The van der Waals surface area contributed by atoms with Crippen molar-refractivity contribution in [2.24, 2.45) is 5.73 Å². The van der Waals surface area contributed by atoms with Crippen molar-refractivity contribution in [3.05, 3.63) is 35.9 Å². The quantitative estimate of drug-likeness (QED) is 0.850. The van der Waals surface area contributed by atoms with Gasteiger partial charge in [-0.15, -0.1) is 0 Å². The molecular formula is C16H22N2O2. The van der Waals surface area contributed by atoms with Crippen molar-refractivity contribution in [1.29, 1.82) is 0 Å². The van der Waals surface area contributed by atoms with Gasteiger partial charge in [0, 0.05) is 7.05 Å². The average molecular weight is 274 g/mol. The summed E-state index contributed by atoms with van der Waals surface area (Å²) in [5.41, 5.74) is 7.18. The molecule has 2 N–H and O–H groups in total. The first-order valence-corrected chi connectivity index (χ1v) is 7.41. The van der Waals surface area contributed by atoms with Crippen LogP contribution in [0.2, 0.25) is 0 Å². The number of benzene rings is 1. The molecule has 1 aliphatic carbocycles. The Morgan fingerprint density at radius 3 is 2.65 bits per heavy atom. The molecular weight excluding hydrogens is 252 g/mol. The Kier molecular flexibility index (Phi) is 3.76. The number of hydrogen-bond donors (Lipinski definition) is 1. The van der Waals surface area contributed by atoms with E-state index >= 15 is 0 Å². The van der Waals surface area contributed by atoms with Gasteiger partial charge in [-0.05, 0) is 18.4 Å². The van der Waals surface area contributed by atoms with Crippen molar-refractivity contribution in [2.45, 2.75) is 50.0 Å². The molecule has 1 aliphatic heterocycles. The van der Waals surface area contributed by atoms with Crippen LogP contribution in [0, 0.1) is 0 Å². The van der Waals surface area contributed by atoms with Crippen LogP contribution in [0.25, 0.3) is 0 Å². The molecule has 20 heavy (non-hydrogen) atoms. The topological polar surface area (TPSA) is 55.6 Å². The highest BCUT2D eigenvalue weighted by Crippen LogP contribution is 2.34. The fourth-order valence-corrected chi connectivity index (χ4v) is 3.41. The Bertz CT molecular complexity index is 477. The zero-order chi connectivity index (χ0) is 14.1. The summed E-state index contributed by atoms with van der Waals surface area (Å²) in [4.78, 5) is 14.3. The van der Waals surface area contributed by atoms with Gasteiger partial charge in [-0.25, -0.2) is 0 Å². The lowest BCUT2D eigenvalue weighted by atomic mass is 9.91. The molecule has 2 fully saturated rings. The number of hydrogen-bond acceptors (Lipinski definition) is 3. The van der Waals surface area contributed by atoms with Crippen LogP contribution < -0.4 is 5.73 Å². The molecule has 0 radical (unpaired) electrons. The maximum Gasteiger partial charge on any atom is 0.242 e. The van der Waals surface area contributed by atoms with Gasteiger partial charge >= 0.3 is 0 Å². The van der Waals surface area contributed by atoms with E-state index in [4.69, 9.17) is 10.5 Å². The minimum absolute atomic E-state index is 0.00625. The number of ether oxygens (including phenoxy) is 1. The highest BCUT2D eigenvalue weighted by atomic mass is 16.5. The Labute approximate surface area is 119 Å². The lowest BCUT2D eigenvalue weighted by Gasteiger charge is -2.35. The van der Waals surface area contributed by atoms with Gasteiger partial charge in [0.15, 0.2) is 0 Å². The van der Waals surface area contributed by atoms with Crippen molar-refractivity contribution in [1.82, 2.24) is 4.90 Å². The zero-order valence-corrected chi connectivity index (χ0v) is 11.9. The predicted molar refractivity (Wildman–Crippen MR) is 77.1 cm³/mol. The second kappa shape index (κ2) is 5.54. The van der Waals surface area contributed by atoms with E-state index in [1.54, 1.807) is 0 Å². The molecule has 4 atom stereocenters. The van der Waals surface area contributed by atoms with Gasteiger partial charge in [0.05, 0.1) is 12.1 Å². The fourth-order valence-electron chi connectivity index (χ4n) is 3.41. The molecule has 1 aromatic carbocycles. The maximum absolute atomic E-state index is 12.5. The number of nitrogens with two attached hydrogens (primary N) is 1. The summed E-state index contributed by atoms with van der Waals surface area (Å²) >= 11 is 0. The van der Waals surface area contributed by atoms with E-state index in [0.717, 1.165) is 24.8 Å². The molecule has 4 heteroatoms. The van der Waals surface area contributed by atoms with E-state index in [-0.39, 0.29) is 24.2 Å². The van der Waals surface area contributed by atoms with Gasteiger partial charge in [0.2, 0.25) is 5.91 Å². The van der Waals surface area contributed by atoms with Gasteiger partial charge in [0.25, 0.3) is 0 Å². The number of carbonyl (C=O) groups is 1. The van der Waals surface area contributed by atoms with Crippen LogP contribution in [0.15, 0.2) is 30.3 Å². The van der Waals surface area contributed by atoms with Gasteiger partial charge < -0.3 is 15.4 Å². The van der Waals surface area contributed by atoms with E-state index in [9.17, 15) is 4.79 Å². The van der Waals surface area contributed by atoms with Crippen LogP contribution in [-0.4, -0.2) is 36.0 Å². The third-order valence-corrected chi connectivity index (χ3v) is 4.57. The van der Waals surface area contributed by atoms with Crippen molar-refractivity contribution in [3.8, 4) is 0 Å². The van der Waals surface area contributed by atoms with Crippen LogP contribution in [0.5, 0.6) is 0 Å². The van der Waals surface area contributed by atoms with Gasteiger partial charge in [-0.2, -0.15) is 0 Å². The van der Waals surface area contributed by atoms with E-state index < -0.39 is 6.04 Å². The van der Waals surface area contributed by atoms with Gasteiger partial charge in [-0.3, -0.25) is 4.79 Å². The Morgan fingerprint density at radius 2 is 1.90 bits per heavy atom. The normalized spacial score (nSPS) is 34.5. The molecule has 0 spiro atoms. The molecule has 2 aliphatic rings. The largest absolute Gasteiger partial charge is 0.366 e. The first kappa shape index (κ1) is 13.6. The Balaban J connectivity index is 1.93. The average Bonchev–Trinajstić information content (AvgIpc) is 2.60. The molecule has 1 amide bonds. The van der Waals surface area contributed by atoms with Crippen LogP contribution >= 0.6 is 0 Å². The van der Waals surface area contributed by atoms with Crippen molar-refractivity contribution in [2.75, 3.05) is 7.05 Å². The number of nitrogens with zero attached hydrogens (tertiary/aromatic N) is 1. The SMILES string of the molecule is CN1C(=O)[C@@H](N)[C@@H](c2ccccc2)O[C@H]2CCCC[C@@H]21.